The van der Waals surface area contributed by atoms with Crippen LogP contribution in [0.1, 0.15) is 55.8 Å². The standard InChI is InChI=1S/C18H29N3O3S.ClH/c1-2-12-25(23,24)21-16-11-7-6-10-15(16)18(22)20-17(13-19)14-8-4-3-5-9-14;/h6-7,10-11,14,17,21H,2-5,8-9,12-13,19H2,1H3,(H,20,22);1H. The monoisotopic (exact) mass is 403 g/mol. The van der Waals surface area contributed by atoms with Gasteiger partial charge in [-0.15, -0.1) is 12.4 Å². The molecule has 0 saturated heterocycles. The molecule has 0 radical (unpaired) electrons. The van der Waals surface area contributed by atoms with Crippen molar-refractivity contribution in [2.24, 2.45) is 11.7 Å². The summed E-state index contributed by atoms with van der Waals surface area (Å²) in [6.07, 6.45) is 6.25. The van der Waals surface area contributed by atoms with Gasteiger partial charge in [0.2, 0.25) is 10.0 Å². The fourth-order valence-electron chi connectivity index (χ4n) is 3.41. The van der Waals surface area contributed by atoms with Crippen LogP contribution in [0.5, 0.6) is 0 Å². The van der Waals surface area contributed by atoms with Gasteiger partial charge in [-0.2, -0.15) is 0 Å². The lowest BCUT2D eigenvalue weighted by Crippen LogP contribution is -2.46. The highest BCUT2D eigenvalue weighted by Crippen LogP contribution is 2.26. The van der Waals surface area contributed by atoms with Gasteiger partial charge in [-0.1, -0.05) is 38.3 Å². The minimum Gasteiger partial charge on any atom is -0.348 e. The molecule has 1 aromatic carbocycles. The highest BCUT2D eigenvalue weighted by atomic mass is 35.5. The molecule has 26 heavy (non-hydrogen) atoms. The second-order valence-electron chi connectivity index (χ2n) is 6.68. The summed E-state index contributed by atoms with van der Waals surface area (Å²) in [5.41, 5.74) is 6.53. The van der Waals surface area contributed by atoms with Crippen LogP contribution in [-0.2, 0) is 10.0 Å². The van der Waals surface area contributed by atoms with E-state index in [4.69, 9.17) is 5.73 Å². The third kappa shape index (κ3) is 6.45. The van der Waals surface area contributed by atoms with Crippen molar-refractivity contribution in [3.05, 3.63) is 29.8 Å². The molecule has 0 bridgehead atoms. The van der Waals surface area contributed by atoms with Crippen molar-refractivity contribution in [1.82, 2.24) is 5.32 Å². The van der Waals surface area contributed by atoms with E-state index in [-0.39, 0.29) is 30.1 Å². The molecular formula is C18H30ClN3O3S. The number of para-hydroxylation sites is 1. The van der Waals surface area contributed by atoms with Gasteiger partial charge in [0.25, 0.3) is 5.91 Å². The Morgan fingerprint density at radius 3 is 2.50 bits per heavy atom. The number of nitrogens with two attached hydrogens (primary N) is 1. The fraction of sp³-hybridized carbons (Fsp3) is 0.611. The van der Waals surface area contributed by atoms with E-state index in [9.17, 15) is 13.2 Å². The van der Waals surface area contributed by atoms with Gasteiger partial charge >= 0.3 is 0 Å². The number of amides is 1. The largest absolute Gasteiger partial charge is 0.348 e. The van der Waals surface area contributed by atoms with Crippen LogP contribution in [0.3, 0.4) is 0 Å². The second-order valence-corrected chi connectivity index (χ2v) is 8.52. The highest BCUT2D eigenvalue weighted by molar-refractivity contribution is 7.92. The van der Waals surface area contributed by atoms with E-state index < -0.39 is 10.0 Å². The molecule has 1 aromatic rings. The number of anilines is 1. The van der Waals surface area contributed by atoms with E-state index in [1.807, 2.05) is 0 Å². The Kier molecular flexibility index (Phi) is 9.39. The lowest BCUT2D eigenvalue weighted by molar-refractivity contribution is 0.0916. The van der Waals surface area contributed by atoms with Crippen molar-refractivity contribution in [3.63, 3.8) is 0 Å². The average Bonchev–Trinajstić information content (AvgIpc) is 2.60. The van der Waals surface area contributed by atoms with E-state index >= 15 is 0 Å². The maximum absolute atomic E-state index is 12.7. The van der Waals surface area contributed by atoms with Crippen LogP contribution in [0, 0.1) is 5.92 Å². The Bertz CT molecular complexity index is 676. The number of nitrogens with one attached hydrogen (secondary N) is 2. The predicted molar refractivity (Wildman–Crippen MR) is 108 cm³/mol. The van der Waals surface area contributed by atoms with Gasteiger partial charge in [-0.25, -0.2) is 8.42 Å². The summed E-state index contributed by atoms with van der Waals surface area (Å²) in [5, 5.41) is 3.01. The molecular weight excluding hydrogens is 374 g/mol. The number of benzene rings is 1. The van der Waals surface area contributed by atoms with Gasteiger partial charge in [0.15, 0.2) is 0 Å². The number of halogens is 1. The van der Waals surface area contributed by atoms with E-state index in [0.29, 0.717) is 30.1 Å². The Labute approximate surface area is 162 Å². The molecule has 2 rings (SSSR count). The Balaban J connectivity index is 0.00000338. The summed E-state index contributed by atoms with van der Waals surface area (Å²) in [7, 11) is -3.45. The van der Waals surface area contributed by atoms with Crippen LogP contribution in [0.15, 0.2) is 24.3 Å². The maximum atomic E-state index is 12.7. The lowest BCUT2D eigenvalue weighted by Gasteiger charge is -2.30. The number of hydrogen-bond donors (Lipinski definition) is 3. The molecule has 0 aromatic heterocycles. The van der Waals surface area contributed by atoms with Crippen LogP contribution in [0.4, 0.5) is 5.69 Å². The topological polar surface area (TPSA) is 101 Å². The van der Waals surface area contributed by atoms with Crippen molar-refractivity contribution in [2.45, 2.75) is 51.5 Å². The molecule has 0 spiro atoms. The van der Waals surface area contributed by atoms with Crippen molar-refractivity contribution < 1.29 is 13.2 Å². The quantitative estimate of drug-likeness (QED) is 0.621. The first-order chi connectivity index (χ1) is 12.0. The van der Waals surface area contributed by atoms with Crippen LogP contribution < -0.4 is 15.8 Å². The third-order valence-electron chi connectivity index (χ3n) is 4.70. The van der Waals surface area contributed by atoms with Crippen molar-refractivity contribution in [3.8, 4) is 0 Å². The minimum absolute atomic E-state index is 0. The summed E-state index contributed by atoms with van der Waals surface area (Å²) in [4.78, 5) is 12.7. The van der Waals surface area contributed by atoms with Gasteiger partial charge in [-0.3, -0.25) is 9.52 Å². The molecule has 0 heterocycles. The molecule has 8 heteroatoms. The lowest BCUT2D eigenvalue weighted by atomic mass is 9.84. The summed E-state index contributed by atoms with van der Waals surface area (Å²) in [6.45, 7) is 2.19. The number of carbonyl (C=O) groups is 1. The SMILES string of the molecule is CCCS(=O)(=O)Nc1ccccc1C(=O)NC(CN)C1CCCCC1.Cl. The molecule has 4 N–H and O–H groups in total. The smallest absolute Gasteiger partial charge is 0.253 e. The first kappa shape index (κ1) is 22.7. The molecule has 148 valence electrons. The van der Waals surface area contributed by atoms with Gasteiger partial charge in [0.05, 0.1) is 17.0 Å². The zero-order valence-corrected chi connectivity index (χ0v) is 16.9. The van der Waals surface area contributed by atoms with Crippen LogP contribution >= 0.6 is 12.4 Å². The second kappa shape index (κ2) is 10.7. The number of rotatable bonds is 8. The van der Waals surface area contributed by atoms with Gasteiger partial charge in [0.1, 0.15) is 0 Å². The van der Waals surface area contributed by atoms with Crippen LogP contribution in [0.25, 0.3) is 0 Å². The zero-order valence-electron chi connectivity index (χ0n) is 15.2. The van der Waals surface area contributed by atoms with E-state index in [1.165, 1.54) is 19.3 Å². The van der Waals surface area contributed by atoms with Gasteiger partial charge in [0, 0.05) is 12.6 Å². The molecule has 1 saturated carbocycles. The van der Waals surface area contributed by atoms with Crippen LogP contribution in [-0.4, -0.2) is 32.7 Å². The molecule has 1 aliphatic carbocycles. The summed E-state index contributed by atoms with van der Waals surface area (Å²) >= 11 is 0. The predicted octanol–water partition coefficient (Wildman–Crippen LogP) is 2.90. The number of carbonyl (C=O) groups excluding carboxylic acids is 1. The molecule has 6 nitrogen and oxygen atoms in total. The molecule has 0 aliphatic heterocycles. The third-order valence-corrected chi connectivity index (χ3v) is 6.18. The Morgan fingerprint density at radius 2 is 1.88 bits per heavy atom. The number of sulfonamides is 1. The fourth-order valence-corrected chi connectivity index (χ4v) is 4.56. The van der Waals surface area contributed by atoms with E-state index in [0.717, 1.165) is 12.8 Å². The van der Waals surface area contributed by atoms with Crippen molar-refractivity contribution >= 4 is 34.0 Å². The first-order valence-electron chi connectivity index (χ1n) is 9.07. The molecule has 1 aliphatic rings. The summed E-state index contributed by atoms with van der Waals surface area (Å²) < 4.78 is 26.6. The minimum atomic E-state index is -3.45. The van der Waals surface area contributed by atoms with Crippen molar-refractivity contribution in [1.29, 1.82) is 0 Å². The van der Waals surface area contributed by atoms with Crippen molar-refractivity contribution in [2.75, 3.05) is 17.0 Å². The van der Waals surface area contributed by atoms with Crippen LogP contribution in [0.2, 0.25) is 0 Å². The van der Waals surface area contributed by atoms with E-state index in [2.05, 4.69) is 10.0 Å². The first-order valence-corrected chi connectivity index (χ1v) is 10.7. The molecule has 1 unspecified atom stereocenters. The summed E-state index contributed by atoms with van der Waals surface area (Å²) in [6, 6.07) is 6.61. The average molecular weight is 404 g/mol. The normalized spacial score (nSPS) is 16.4. The number of hydrogen-bond acceptors (Lipinski definition) is 4. The Morgan fingerprint density at radius 1 is 1.23 bits per heavy atom. The zero-order chi connectivity index (χ0) is 18.3. The Hall–Kier alpha value is -1.31. The van der Waals surface area contributed by atoms with E-state index in [1.54, 1.807) is 31.2 Å². The molecule has 1 fully saturated rings. The molecule has 1 atom stereocenters. The summed E-state index contributed by atoms with van der Waals surface area (Å²) in [5.74, 6) is 0.138. The highest BCUT2D eigenvalue weighted by Gasteiger charge is 2.25. The maximum Gasteiger partial charge on any atom is 0.253 e. The van der Waals surface area contributed by atoms with Gasteiger partial charge < -0.3 is 11.1 Å². The van der Waals surface area contributed by atoms with Gasteiger partial charge in [-0.05, 0) is 37.3 Å². The molecule has 1 amide bonds.